The number of carbonyl (C=O) groups excluding carboxylic acids is 1. The van der Waals surface area contributed by atoms with Gasteiger partial charge in [-0.3, -0.25) is 4.79 Å². The fraction of sp³-hybridized carbons (Fsp3) is 0.917. The second-order valence-electron chi connectivity index (χ2n) is 5.34. The van der Waals surface area contributed by atoms with Crippen LogP contribution in [0.2, 0.25) is 0 Å². The highest BCUT2D eigenvalue weighted by Gasteiger charge is 2.16. The third kappa shape index (κ3) is 6.08. The Kier molecular flexibility index (Phi) is 5.22. The molecule has 1 saturated heterocycles. The second-order valence-corrected chi connectivity index (χ2v) is 5.34. The van der Waals surface area contributed by atoms with Gasteiger partial charge < -0.3 is 15.7 Å². The maximum atomic E-state index is 11.5. The smallest absolute Gasteiger partial charge is 0.220 e. The SMILES string of the molecule is CC(C)(O)CNC(=O)CCC1CCCNC1. The third-order valence-electron chi connectivity index (χ3n) is 2.90. The van der Waals surface area contributed by atoms with Gasteiger partial charge in [-0.05, 0) is 52.1 Å². The van der Waals surface area contributed by atoms with Gasteiger partial charge in [0.15, 0.2) is 0 Å². The molecule has 0 aromatic heterocycles. The van der Waals surface area contributed by atoms with Gasteiger partial charge in [-0.25, -0.2) is 0 Å². The van der Waals surface area contributed by atoms with E-state index < -0.39 is 5.60 Å². The van der Waals surface area contributed by atoms with Crippen LogP contribution in [0.4, 0.5) is 0 Å². The van der Waals surface area contributed by atoms with E-state index in [0.29, 0.717) is 18.9 Å². The molecule has 1 unspecified atom stereocenters. The summed E-state index contributed by atoms with van der Waals surface area (Å²) >= 11 is 0. The summed E-state index contributed by atoms with van der Waals surface area (Å²) in [4.78, 5) is 11.5. The Hall–Kier alpha value is -0.610. The first-order valence-electron chi connectivity index (χ1n) is 6.17. The Labute approximate surface area is 97.8 Å². The van der Waals surface area contributed by atoms with Crippen LogP contribution >= 0.6 is 0 Å². The van der Waals surface area contributed by atoms with Gasteiger partial charge in [0.2, 0.25) is 5.91 Å². The zero-order valence-electron chi connectivity index (χ0n) is 10.4. The summed E-state index contributed by atoms with van der Waals surface area (Å²) in [7, 11) is 0. The molecular weight excluding hydrogens is 204 g/mol. The van der Waals surface area contributed by atoms with Crippen molar-refractivity contribution in [3.05, 3.63) is 0 Å². The van der Waals surface area contributed by atoms with Crippen molar-refractivity contribution in [2.75, 3.05) is 19.6 Å². The lowest BCUT2D eigenvalue weighted by Gasteiger charge is -2.23. The van der Waals surface area contributed by atoms with Gasteiger partial charge >= 0.3 is 0 Å². The van der Waals surface area contributed by atoms with E-state index >= 15 is 0 Å². The molecule has 1 heterocycles. The number of nitrogens with one attached hydrogen (secondary N) is 2. The maximum Gasteiger partial charge on any atom is 0.220 e. The summed E-state index contributed by atoms with van der Waals surface area (Å²) in [5.74, 6) is 0.689. The Morgan fingerprint density at radius 3 is 2.88 bits per heavy atom. The molecule has 4 nitrogen and oxygen atoms in total. The van der Waals surface area contributed by atoms with Crippen molar-refractivity contribution < 1.29 is 9.90 Å². The third-order valence-corrected chi connectivity index (χ3v) is 2.90. The van der Waals surface area contributed by atoms with Crippen LogP contribution in [0.5, 0.6) is 0 Å². The van der Waals surface area contributed by atoms with E-state index in [1.807, 2.05) is 0 Å². The van der Waals surface area contributed by atoms with E-state index in [1.54, 1.807) is 13.8 Å². The number of carbonyl (C=O) groups is 1. The number of piperidine rings is 1. The lowest BCUT2D eigenvalue weighted by molar-refractivity contribution is -0.122. The minimum absolute atomic E-state index is 0.0488. The molecule has 0 aliphatic carbocycles. The first-order chi connectivity index (χ1) is 7.47. The van der Waals surface area contributed by atoms with Crippen molar-refractivity contribution in [3.8, 4) is 0 Å². The van der Waals surface area contributed by atoms with Crippen LogP contribution < -0.4 is 10.6 Å². The molecule has 1 aliphatic heterocycles. The van der Waals surface area contributed by atoms with Gasteiger partial charge in [-0.15, -0.1) is 0 Å². The van der Waals surface area contributed by atoms with Gasteiger partial charge in [0.25, 0.3) is 0 Å². The molecular formula is C12H24N2O2. The molecule has 16 heavy (non-hydrogen) atoms. The maximum absolute atomic E-state index is 11.5. The summed E-state index contributed by atoms with van der Waals surface area (Å²) in [6.07, 6.45) is 3.97. The normalized spacial score (nSPS) is 21.8. The van der Waals surface area contributed by atoms with Crippen LogP contribution in [-0.2, 0) is 4.79 Å². The van der Waals surface area contributed by atoms with Crippen molar-refractivity contribution in [3.63, 3.8) is 0 Å². The summed E-state index contributed by atoms with van der Waals surface area (Å²) in [6, 6.07) is 0. The molecule has 0 radical (unpaired) electrons. The van der Waals surface area contributed by atoms with Crippen LogP contribution in [0.3, 0.4) is 0 Å². The highest BCUT2D eigenvalue weighted by Crippen LogP contribution is 2.15. The minimum Gasteiger partial charge on any atom is -0.389 e. The van der Waals surface area contributed by atoms with Gasteiger partial charge in [0.1, 0.15) is 0 Å². The molecule has 1 aliphatic rings. The molecule has 0 aromatic carbocycles. The second kappa shape index (κ2) is 6.21. The van der Waals surface area contributed by atoms with Gasteiger partial charge in [-0.2, -0.15) is 0 Å². The van der Waals surface area contributed by atoms with E-state index in [2.05, 4.69) is 10.6 Å². The predicted molar refractivity (Wildman–Crippen MR) is 64.1 cm³/mol. The largest absolute Gasteiger partial charge is 0.389 e. The summed E-state index contributed by atoms with van der Waals surface area (Å²) in [6.45, 7) is 5.87. The molecule has 1 atom stereocenters. The van der Waals surface area contributed by atoms with E-state index in [9.17, 15) is 9.90 Å². The zero-order chi connectivity index (χ0) is 12.0. The quantitative estimate of drug-likeness (QED) is 0.647. The molecule has 1 rings (SSSR count). The van der Waals surface area contributed by atoms with Crippen molar-refractivity contribution in [2.24, 2.45) is 5.92 Å². The highest BCUT2D eigenvalue weighted by molar-refractivity contribution is 5.75. The van der Waals surface area contributed by atoms with Crippen LogP contribution in [0, 0.1) is 5.92 Å². The lowest BCUT2D eigenvalue weighted by Crippen LogP contribution is -2.38. The Morgan fingerprint density at radius 1 is 1.56 bits per heavy atom. The van der Waals surface area contributed by atoms with Crippen molar-refractivity contribution in [1.82, 2.24) is 10.6 Å². The highest BCUT2D eigenvalue weighted by atomic mass is 16.3. The molecule has 1 amide bonds. The average Bonchev–Trinajstić information content (AvgIpc) is 2.24. The molecule has 4 heteroatoms. The zero-order valence-corrected chi connectivity index (χ0v) is 10.4. The van der Waals surface area contributed by atoms with Crippen LogP contribution in [-0.4, -0.2) is 36.2 Å². The summed E-state index contributed by atoms with van der Waals surface area (Å²) < 4.78 is 0. The van der Waals surface area contributed by atoms with Crippen LogP contribution in [0.25, 0.3) is 0 Å². The Morgan fingerprint density at radius 2 is 2.31 bits per heavy atom. The van der Waals surface area contributed by atoms with E-state index in [0.717, 1.165) is 19.5 Å². The molecule has 0 saturated carbocycles. The van der Waals surface area contributed by atoms with Gasteiger partial charge in [0.05, 0.1) is 5.60 Å². The van der Waals surface area contributed by atoms with Crippen molar-refractivity contribution in [2.45, 2.75) is 45.1 Å². The molecule has 1 fully saturated rings. The number of amides is 1. The minimum atomic E-state index is -0.817. The Bertz CT molecular complexity index is 218. The monoisotopic (exact) mass is 228 g/mol. The first-order valence-corrected chi connectivity index (χ1v) is 6.17. The van der Waals surface area contributed by atoms with Crippen molar-refractivity contribution >= 4 is 5.91 Å². The molecule has 0 spiro atoms. The number of rotatable bonds is 5. The summed E-state index contributed by atoms with van der Waals surface area (Å²) in [5, 5.41) is 15.6. The molecule has 0 bridgehead atoms. The number of aliphatic hydroxyl groups is 1. The Balaban J connectivity index is 2.09. The van der Waals surface area contributed by atoms with E-state index in [1.165, 1.54) is 12.8 Å². The number of hydrogen-bond acceptors (Lipinski definition) is 3. The standard InChI is InChI=1S/C12H24N2O2/c1-12(2,16)9-14-11(15)6-5-10-4-3-7-13-8-10/h10,13,16H,3-9H2,1-2H3,(H,14,15). The van der Waals surface area contributed by atoms with E-state index in [4.69, 9.17) is 0 Å². The van der Waals surface area contributed by atoms with E-state index in [-0.39, 0.29) is 5.91 Å². The van der Waals surface area contributed by atoms with Crippen LogP contribution in [0.15, 0.2) is 0 Å². The van der Waals surface area contributed by atoms with Gasteiger partial charge in [-0.1, -0.05) is 0 Å². The first kappa shape index (κ1) is 13.5. The fourth-order valence-corrected chi connectivity index (χ4v) is 1.91. The van der Waals surface area contributed by atoms with Crippen molar-refractivity contribution in [1.29, 1.82) is 0 Å². The predicted octanol–water partition coefficient (Wildman–Crippen LogP) is 0.653. The van der Waals surface area contributed by atoms with Crippen LogP contribution in [0.1, 0.15) is 39.5 Å². The molecule has 3 N–H and O–H groups in total. The summed E-state index contributed by atoms with van der Waals surface area (Å²) in [5.41, 5.74) is -0.817. The topological polar surface area (TPSA) is 61.4 Å². The number of hydrogen-bond donors (Lipinski definition) is 3. The lowest BCUT2D eigenvalue weighted by atomic mass is 9.94. The average molecular weight is 228 g/mol. The fourth-order valence-electron chi connectivity index (χ4n) is 1.91. The molecule has 0 aromatic rings. The molecule has 94 valence electrons. The van der Waals surface area contributed by atoms with Gasteiger partial charge in [0, 0.05) is 13.0 Å².